The van der Waals surface area contributed by atoms with Crippen molar-refractivity contribution in [2.45, 2.75) is 26.7 Å². The van der Waals surface area contributed by atoms with Crippen molar-refractivity contribution in [2.24, 2.45) is 0 Å². The van der Waals surface area contributed by atoms with Gasteiger partial charge in [0.1, 0.15) is 17.3 Å². The van der Waals surface area contributed by atoms with Gasteiger partial charge in [0.15, 0.2) is 0 Å². The maximum atomic E-state index is 13.5. The summed E-state index contributed by atoms with van der Waals surface area (Å²) in [6.07, 6.45) is 0. The first-order valence-corrected chi connectivity index (χ1v) is 10.9. The van der Waals surface area contributed by atoms with E-state index in [-0.39, 0.29) is 11.3 Å². The Morgan fingerprint density at radius 2 is 1.64 bits per heavy atom. The van der Waals surface area contributed by atoms with Crippen LogP contribution in [0.4, 0.5) is 15.8 Å². The molecule has 2 amide bonds. The molecule has 6 heteroatoms. The lowest BCUT2D eigenvalue weighted by Crippen LogP contribution is -2.32. The van der Waals surface area contributed by atoms with Crippen LogP contribution in [0.2, 0.25) is 0 Å². The van der Waals surface area contributed by atoms with Crippen LogP contribution >= 0.6 is 0 Å². The van der Waals surface area contributed by atoms with Gasteiger partial charge in [0.2, 0.25) is 0 Å². The third-order valence-corrected chi connectivity index (χ3v) is 5.45. The Hall–Kier alpha value is -3.93. The van der Waals surface area contributed by atoms with Crippen LogP contribution in [0.25, 0.3) is 5.57 Å². The van der Waals surface area contributed by atoms with E-state index >= 15 is 0 Å². The molecule has 0 aromatic heterocycles. The zero-order chi connectivity index (χ0) is 23.5. The highest BCUT2D eigenvalue weighted by molar-refractivity contribution is 6.46. The molecule has 1 aliphatic rings. The highest BCUT2D eigenvalue weighted by Crippen LogP contribution is 2.34. The first kappa shape index (κ1) is 22.3. The van der Waals surface area contributed by atoms with Crippen LogP contribution in [0, 0.1) is 5.82 Å². The lowest BCUT2D eigenvalue weighted by Gasteiger charge is -2.16. The summed E-state index contributed by atoms with van der Waals surface area (Å²) in [5.41, 5.74) is 2.97. The summed E-state index contributed by atoms with van der Waals surface area (Å²) >= 11 is 0. The van der Waals surface area contributed by atoms with Crippen LogP contribution in [-0.4, -0.2) is 18.4 Å². The predicted octanol–water partition coefficient (Wildman–Crippen LogP) is 5.74. The van der Waals surface area contributed by atoms with Crippen molar-refractivity contribution in [3.8, 4) is 5.75 Å². The number of carbonyl (C=O) groups is 2. The molecular weight excluding hydrogens is 419 g/mol. The smallest absolute Gasteiger partial charge is 0.282 e. The molecule has 0 saturated heterocycles. The molecule has 1 N–H and O–H groups in total. The molecule has 0 atom stereocenters. The zero-order valence-corrected chi connectivity index (χ0v) is 18.8. The van der Waals surface area contributed by atoms with Gasteiger partial charge in [-0.15, -0.1) is 0 Å². The molecule has 1 aliphatic heterocycles. The summed E-state index contributed by atoms with van der Waals surface area (Å²) in [5.74, 6) is -0.391. The molecule has 33 heavy (non-hydrogen) atoms. The number of hydrogen-bond acceptors (Lipinski definition) is 4. The van der Waals surface area contributed by atoms with Gasteiger partial charge in [-0.3, -0.25) is 9.59 Å². The molecular formula is C27H25FN2O3. The van der Waals surface area contributed by atoms with E-state index in [1.807, 2.05) is 25.1 Å². The second-order valence-corrected chi connectivity index (χ2v) is 8.03. The first-order chi connectivity index (χ1) is 15.9. The van der Waals surface area contributed by atoms with Crippen LogP contribution in [0.3, 0.4) is 0 Å². The number of ether oxygens (including phenoxy) is 1. The largest absolute Gasteiger partial charge is 0.494 e. The average molecular weight is 445 g/mol. The third kappa shape index (κ3) is 4.51. The van der Waals surface area contributed by atoms with Gasteiger partial charge in [0.25, 0.3) is 11.8 Å². The molecule has 3 aromatic carbocycles. The molecule has 1 heterocycles. The van der Waals surface area contributed by atoms with Gasteiger partial charge in [-0.05, 0) is 60.4 Å². The summed E-state index contributed by atoms with van der Waals surface area (Å²) < 4.78 is 19.1. The van der Waals surface area contributed by atoms with E-state index in [1.165, 1.54) is 24.3 Å². The minimum atomic E-state index is -0.474. The predicted molar refractivity (Wildman–Crippen MR) is 128 cm³/mol. The van der Waals surface area contributed by atoms with Gasteiger partial charge >= 0.3 is 0 Å². The molecule has 0 saturated carbocycles. The van der Waals surface area contributed by atoms with E-state index in [0.29, 0.717) is 35.2 Å². The number of carbonyl (C=O) groups excluding carboxylic acids is 2. The number of imide groups is 1. The fourth-order valence-electron chi connectivity index (χ4n) is 3.75. The van der Waals surface area contributed by atoms with E-state index in [0.717, 1.165) is 10.5 Å². The van der Waals surface area contributed by atoms with Crippen LogP contribution in [0.15, 0.2) is 78.5 Å². The van der Waals surface area contributed by atoms with E-state index in [9.17, 15) is 14.0 Å². The van der Waals surface area contributed by atoms with E-state index in [4.69, 9.17) is 4.74 Å². The number of amides is 2. The topological polar surface area (TPSA) is 58.6 Å². The minimum Gasteiger partial charge on any atom is -0.494 e. The molecule has 0 unspecified atom stereocenters. The summed E-state index contributed by atoms with van der Waals surface area (Å²) in [7, 11) is 0. The van der Waals surface area contributed by atoms with Crippen LogP contribution < -0.4 is 15.0 Å². The number of nitrogens with zero attached hydrogens (tertiary/aromatic N) is 1. The summed E-state index contributed by atoms with van der Waals surface area (Å²) in [6, 6.07) is 20.1. The Labute approximate surface area is 192 Å². The third-order valence-electron chi connectivity index (χ3n) is 5.45. The Bertz CT molecular complexity index is 1210. The normalized spacial score (nSPS) is 13.8. The zero-order valence-electron chi connectivity index (χ0n) is 18.8. The molecule has 0 aliphatic carbocycles. The van der Waals surface area contributed by atoms with Gasteiger partial charge < -0.3 is 10.1 Å². The lowest BCUT2D eigenvalue weighted by atomic mass is 10.0. The van der Waals surface area contributed by atoms with E-state index in [1.54, 1.807) is 30.3 Å². The number of nitrogens with one attached hydrogen (secondary N) is 1. The maximum Gasteiger partial charge on any atom is 0.282 e. The maximum absolute atomic E-state index is 13.5. The van der Waals surface area contributed by atoms with Crippen LogP contribution in [-0.2, 0) is 9.59 Å². The number of rotatable bonds is 7. The fourth-order valence-corrected chi connectivity index (χ4v) is 3.75. The summed E-state index contributed by atoms with van der Waals surface area (Å²) in [4.78, 5) is 28.1. The standard InChI is InChI=1S/C27H25FN2O3/c1-4-33-23-7-5-6-21(16-23)29-25-24(19-8-12-20(28)13-9-19)26(31)30(27(25)32)22-14-10-18(11-15-22)17(2)3/h5-17,29H,4H2,1-3H3. The summed E-state index contributed by atoms with van der Waals surface area (Å²) in [6.45, 7) is 6.54. The van der Waals surface area contributed by atoms with Gasteiger partial charge in [-0.2, -0.15) is 0 Å². The average Bonchev–Trinajstić information content (AvgIpc) is 3.04. The molecule has 168 valence electrons. The molecule has 0 spiro atoms. The second kappa shape index (κ2) is 9.28. The number of benzene rings is 3. The molecule has 0 bridgehead atoms. The number of hydrogen-bond donors (Lipinski definition) is 1. The highest BCUT2D eigenvalue weighted by Gasteiger charge is 2.40. The quantitative estimate of drug-likeness (QED) is 0.472. The SMILES string of the molecule is CCOc1cccc(NC2=C(c3ccc(F)cc3)C(=O)N(c3ccc(C(C)C)cc3)C2=O)c1. The lowest BCUT2D eigenvalue weighted by molar-refractivity contribution is -0.120. The first-order valence-electron chi connectivity index (χ1n) is 10.9. The van der Waals surface area contributed by atoms with Crippen molar-refractivity contribution in [1.29, 1.82) is 0 Å². The van der Waals surface area contributed by atoms with Gasteiger partial charge in [0.05, 0.1) is 17.9 Å². The van der Waals surface area contributed by atoms with Gasteiger partial charge in [-0.1, -0.05) is 44.2 Å². The Balaban J connectivity index is 1.76. The van der Waals surface area contributed by atoms with E-state index in [2.05, 4.69) is 19.2 Å². The highest BCUT2D eigenvalue weighted by atomic mass is 19.1. The van der Waals surface area contributed by atoms with Crippen molar-refractivity contribution in [3.05, 3.63) is 95.4 Å². The number of anilines is 2. The van der Waals surface area contributed by atoms with Crippen molar-refractivity contribution in [2.75, 3.05) is 16.8 Å². The van der Waals surface area contributed by atoms with Gasteiger partial charge in [-0.25, -0.2) is 9.29 Å². The van der Waals surface area contributed by atoms with Crippen molar-refractivity contribution in [3.63, 3.8) is 0 Å². The molecule has 4 rings (SSSR count). The van der Waals surface area contributed by atoms with Crippen molar-refractivity contribution in [1.82, 2.24) is 0 Å². The molecule has 3 aromatic rings. The Kier molecular flexibility index (Phi) is 6.27. The minimum absolute atomic E-state index is 0.133. The fraction of sp³-hybridized carbons (Fsp3) is 0.185. The van der Waals surface area contributed by atoms with Crippen molar-refractivity contribution < 1.29 is 18.7 Å². The summed E-state index contributed by atoms with van der Waals surface area (Å²) in [5, 5.41) is 3.11. The Morgan fingerprint density at radius 3 is 2.27 bits per heavy atom. The monoisotopic (exact) mass is 444 g/mol. The van der Waals surface area contributed by atoms with Crippen LogP contribution in [0.5, 0.6) is 5.75 Å². The van der Waals surface area contributed by atoms with E-state index < -0.39 is 17.6 Å². The molecule has 5 nitrogen and oxygen atoms in total. The van der Waals surface area contributed by atoms with Crippen molar-refractivity contribution >= 4 is 28.8 Å². The second-order valence-electron chi connectivity index (χ2n) is 8.03. The molecule has 0 radical (unpaired) electrons. The Morgan fingerprint density at radius 1 is 0.939 bits per heavy atom. The molecule has 0 fully saturated rings. The van der Waals surface area contributed by atoms with Crippen LogP contribution in [0.1, 0.15) is 37.8 Å². The van der Waals surface area contributed by atoms with Gasteiger partial charge in [0, 0.05) is 11.8 Å². The number of halogens is 1.